The van der Waals surface area contributed by atoms with Gasteiger partial charge in [-0.15, -0.1) is 5.92 Å². The Bertz CT molecular complexity index is 868. The summed E-state index contributed by atoms with van der Waals surface area (Å²) in [5, 5.41) is 0.710. The van der Waals surface area contributed by atoms with Gasteiger partial charge in [-0.1, -0.05) is 23.9 Å². The van der Waals surface area contributed by atoms with E-state index in [-0.39, 0.29) is 11.5 Å². The van der Waals surface area contributed by atoms with E-state index in [1.165, 1.54) is 21.1 Å². The average molecular weight is 476 g/mol. The summed E-state index contributed by atoms with van der Waals surface area (Å²) < 4.78 is 17.6. The van der Waals surface area contributed by atoms with Crippen molar-refractivity contribution in [1.29, 1.82) is 0 Å². The van der Waals surface area contributed by atoms with Gasteiger partial charge in [0.1, 0.15) is 5.69 Å². The highest BCUT2D eigenvalue weighted by atomic mass is 127. The van der Waals surface area contributed by atoms with Gasteiger partial charge < -0.3 is 4.72 Å². The molecule has 2 aromatic rings. The van der Waals surface area contributed by atoms with Crippen molar-refractivity contribution in [3.63, 3.8) is 0 Å². The molecule has 2 rings (SSSR count). The van der Waals surface area contributed by atoms with Crippen LogP contribution in [0.25, 0.3) is 10.9 Å². The molecule has 1 heterocycles. The van der Waals surface area contributed by atoms with Gasteiger partial charge in [-0.05, 0) is 32.0 Å². The maximum absolute atomic E-state index is 12.8. The molecular formula is C16H14FIN2O2S2. The van der Waals surface area contributed by atoms with Gasteiger partial charge in [-0.25, -0.2) is 0 Å². The fourth-order valence-corrected chi connectivity index (χ4v) is 4.32. The molecule has 0 spiro atoms. The molecule has 8 heteroatoms. The summed E-state index contributed by atoms with van der Waals surface area (Å²) in [6.07, 6.45) is 3.52. The van der Waals surface area contributed by atoms with Crippen LogP contribution in [0, 0.1) is 11.8 Å². The van der Waals surface area contributed by atoms with Crippen molar-refractivity contribution in [2.75, 3.05) is 11.0 Å². The molecule has 0 saturated heterocycles. The lowest BCUT2D eigenvalue weighted by Crippen LogP contribution is -2.06. The molecule has 24 heavy (non-hydrogen) atoms. The Kier molecular flexibility index (Phi) is 6.89. The molecule has 0 fully saturated rings. The molecule has 1 aromatic heterocycles. The summed E-state index contributed by atoms with van der Waals surface area (Å²) >= 11 is 3.43. The molecule has 4 nitrogen and oxygen atoms in total. The highest BCUT2D eigenvalue weighted by molar-refractivity contribution is 14.2. The second-order valence-electron chi connectivity index (χ2n) is 4.59. The smallest absolute Gasteiger partial charge is 0.218 e. The first kappa shape index (κ1) is 19.0. The molecule has 1 N–H and O–H groups in total. The first-order valence-electron chi connectivity index (χ1n) is 6.81. The van der Waals surface area contributed by atoms with Gasteiger partial charge in [0.2, 0.25) is 5.78 Å². The number of aromatic nitrogens is 1. The van der Waals surface area contributed by atoms with Gasteiger partial charge in [-0.2, -0.15) is 0 Å². The standard InChI is InChI=1S/C16H14FIN2O2S2/c1-4-6-10(5-2)16(21)14-7-11-8-15(22-17)12(19-23-3)9-13(11)20(14)24-18/h5,7-9,19H,1-3H3/b10-5+. The van der Waals surface area contributed by atoms with E-state index in [4.69, 9.17) is 0 Å². The van der Waals surface area contributed by atoms with Crippen LogP contribution in [0.15, 0.2) is 29.8 Å². The summed E-state index contributed by atoms with van der Waals surface area (Å²) in [5.74, 6) is 5.47. The van der Waals surface area contributed by atoms with Crippen LogP contribution in [-0.2, 0) is 0 Å². The quantitative estimate of drug-likeness (QED) is 0.194. The monoisotopic (exact) mass is 476 g/mol. The van der Waals surface area contributed by atoms with E-state index in [0.29, 0.717) is 22.3 Å². The van der Waals surface area contributed by atoms with Gasteiger partial charge in [0.25, 0.3) is 0 Å². The Morgan fingerprint density at radius 2 is 2.21 bits per heavy atom. The van der Waals surface area contributed by atoms with Crippen LogP contribution in [0.3, 0.4) is 0 Å². The molecule has 0 amide bonds. The number of benzene rings is 1. The van der Waals surface area contributed by atoms with Crippen LogP contribution < -0.4 is 9.66 Å². The molecular weight excluding hydrogens is 462 g/mol. The van der Waals surface area contributed by atoms with Crippen LogP contribution in [-0.4, -0.2) is 16.0 Å². The number of nitrogens with one attached hydrogen (secondary N) is 1. The van der Waals surface area contributed by atoms with Crippen molar-refractivity contribution in [3.05, 3.63) is 35.5 Å². The molecule has 0 atom stereocenters. The summed E-state index contributed by atoms with van der Waals surface area (Å²) in [5.41, 5.74) is 2.19. The Morgan fingerprint density at radius 3 is 2.75 bits per heavy atom. The van der Waals surface area contributed by atoms with Crippen molar-refractivity contribution in [3.8, 4) is 17.6 Å². The Balaban J connectivity index is 2.67. The fraction of sp³-hybridized carbons (Fsp3) is 0.188. The summed E-state index contributed by atoms with van der Waals surface area (Å²) in [4.78, 5) is 16.7. The van der Waals surface area contributed by atoms with Crippen LogP contribution in [0.1, 0.15) is 24.3 Å². The number of rotatable bonds is 6. The van der Waals surface area contributed by atoms with Crippen LogP contribution in [0.2, 0.25) is 0 Å². The first-order chi connectivity index (χ1) is 11.6. The topological polar surface area (TPSA) is 43.3 Å². The minimum absolute atomic E-state index is 0.0751. The van der Waals surface area contributed by atoms with Crippen LogP contribution in [0.4, 0.5) is 10.2 Å². The Hall–Kier alpha value is -1.31. The van der Waals surface area contributed by atoms with E-state index in [1.807, 2.05) is 6.26 Å². The predicted octanol–water partition coefficient (Wildman–Crippen LogP) is 5.59. The maximum Gasteiger partial charge on any atom is 0.218 e. The van der Waals surface area contributed by atoms with E-state index in [0.717, 1.165) is 5.52 Å². The molecule has 126 valence electrons. The molecule has 0 saturated carbocycles. The second kappa shape index (κ2) is 8.69. The van der Waals surface area contributed by atoms with E-state index < -0.39 is 0 Å². The number of hydrogen-bond donors (Lipinski definition) is 1. The van der Waals surface area contributed by atoms with Gasteiger partial charge in [0.15, 0.2) is 5.75 Å². The summed E-state index contributed by atoms with van der Waals surface area (Å²) in [6, 6.07) is 5.04. The van der Waals surface area contributed by atoms with Crippen molar-refractivity contribution >= 4 is 64.6 Å². The molecule has 0 aliphatic rings. The van der Waals surface area contributed by atoms with Crippen LogP contribution >= 0.6 is 42.3 Å². The predicted molar refractivity (Wildman–Crippen MR) is 109 cm³/mol. The lowest BCUT2D eigenvalue weighted by Gasteiger charge is -2.08. The number of hydrogen-bond acceptors (Lipinski definition) is 5. The number of Topliss-reactive ketones (excluding diaryl/α,β-unsaturated/α-hetero) is 1. The largest absolute Gasteiger partial charge is 0.327 e. The van der Waals surface area contributed by atoms with Crippen molar-refractivity contribution in [1.82, 2.24) is 3.97 Å². The number of carbonyl (C=O) groups excluding carboxylic acids is 1. The van der Waals surface area contributed by atoms with E-state index in [9.17, 15) is 9.32 Å². The second-order valence-corrected chi connectivity index (χ2v) is 6.89. The molecule has 1 aromatic carbocycles. The first-order valence-corrected chi connectivity index (χ1v) is 11.3. The Morgan fingerprint density at radius 1 is 1.46 bits per heavy atom. The normalized spacial score (nSPS) is 11.1. The molecule has 0 bridgehead atoms. The number of anilines is 1. The summed E-state index contributed by atoms with van der Waals surface area (Å²) in [7, 11) is 1.37. The number of halogens is 2. The van der Waals surface area contributed by atoms with Gasteiger partial charge >= 0.3 is 0 Å². The number of allylic oxidation sites excluding steroid dienone is 2. The minimum Gasteiger partial charge on any atom is -0.327 e. The number of nitrogens with zero attached hydrogens (tertiary/aromatic N) is 1. The van der Waals surface area contributed by atoms with E-state index in [2.05, 4.69) is 42.7 Å². The van der Waals surface area contributed by atoms with E-state index in [1.54, 1.807) is 42.1 Å². The Labute approximate surface area is 160 Å². The van der Waals surface area contributed by atoms with Crippen molar-refractivity contribution in [2.24, 2.45) is 0 Å². The SMILES string of the molecule is CC#C/C(=C\C)C(=O)c1cc2cc(OF)c(NSC)cc2n1SI. The third-order valence-corrected chi connectivity index (χ3v) is 5.39. The molecule has 0 radical (unpaired) electrons. The third kappa shape index (κ3) is 3.68. The number of carbonyl (C=O) groups is 1. The number of fused-ring (bicyclic) bond motifs is 1. The zero-order valence-electron chi connectivity index (χ0n) is 13.1. The molecule has 0 unspecified atom stereocenters. The zero-order chi connectivity index (χ0) is 17.7. The van der Waals surface area contributed by atoms with Gasteiger partial charge in [0, 0.05) is 46.5 Å². The number of ketones is 1. The lowest BCUT2D eigenvalue weighted by molar-refractivity contribution is -0.00504. The highest BCUT2D eigenvalue weighted by Gasteiger charge is 2.20. The highest BCUT2D eigenvalue weighted by Crippen LogP contribution is 2.37. The fourth-order valence-electron chi connectivity index (χ4n) is 2.23. The maximum atomic E-state index is 12.8. The van der Waals surface area contributed by atoms with Gasteiger partial charge in [-0.3, -0.25) is 13.7 Å². The van der Waals surface area contributed by atoms with Crippen molar-refractivity contribution in [2.45, 2.75) is 13.8 Å². The zero-order valence-corrected chi connectivity index (χ0v) is 16.9. The molecule has 0 aliphatic carbocycles. The van der Waals surface area contributed by atoms with Gasteiger partial charge in [0.05, 0.1) is 16.8 Å². The minimum atomic E-state index is -0.172. The van der Waals surface area contributed by atoms with Crippen LogP contribution in [0.5, 0.6) is 5.75 Å². The average Bonchev–Trinajstić information content (AvgIpc) is 2.96. The molecule has 0 aliphatic heterocycles. The van der Waals surface area contributed by atoms with E-state index >= 15 is 0 Å². The summed E-state index contributed by atoms with van der Waals surface area (Å²) in [6.45, 7) is 3.46. The lowest BCUT2D eigenvalue weighted by atomic mass is 10.1. The van der Waals surface area contributed by atoms with Crippen molar-refractivity contribution < 1.29 is 14.3 Å². The third-order valence-electron chi connectivity index (χ3n) is 3.25.